The fourth-order valence-electron chi connectivity index (χ4n) is 5.96. The Morgan fingerprint density at radius 2 is 2.08 bits per heavy atom. The van der Waals surface area contributed by atoms with Gasteiger partial charge in [0.2, 0.25) is 11.8 Å². The van der Waals surface area contributed by atoms with Crippen LogP contribution in [-0.4, -0.2) is 46.6 Å². The summed E-state index contributed by atoms with van der Waals surface area (Å²) in [5.74, 6) is 0.388. The van der Waals surface area contributed by atoms with Crippen LogP contribution in [0.5, 0.6) is 5.88 Å². The average Bonchev–Trinajstić information content (AvgIpc) is 3.68. The summed E-state index contributed by atoms with van der Waals surface area (Å²) < 4.78 is 21.8. The second-order valence-corrected chi connectivity index (χ2v) is 11.4. The highest BCUT2D eigenvalue weighted by atomic mass is 79.9. The van der Waals surface area contributed by atoms with E-state index in [0.717, 1.165) is 30.0 Å². The normalized spacial score (nSPS) is 17.5. The highest BCUT2D eigenvalue weighted by molar-refractivity contribution is 9.10. The molecule has 4 aromatic rings. The Morgan fingerprint density at radius 1 is 1.24 bits per heavy atom. The molecule has 0 atom stereocenters. The van der Waals surface area contributed by atoms with Gasteiger partial charge in [-0.2, -0.15) is 0 Å². The number of hydrogen-bond donors (Lipinski definition) is 3. The van der Waals surface area contributed by atoms with Crippen molar-refractivity contribution in [3.63, 3.8) is 0 Å². The fourth-order valence-corrected chi connectivity index (χ4v) is 6.65. The number of anilines is 4. The lowest BCUT2D eigenvalue weighted by molar-refractivity contribution is 0.271. The van der Waals surface area contributed by atoms with Crippen LogP contribution in [0.4, 0.5) is 27.4 Å². The largest absolute Gasteiger partial charge is 0.474 e. The van der Waals surface area contributed by atoms with Crippen molar-refractivity contribution >= 4 is 49.8 Å². The molecule has 0 bridgehead atoms. The number of likely N-dealkylation sites (N-methyl/N-ethyl adjacent to an activating group) is 1. The second-order valence-electron chi connectivity index (χ2n) is 10.6. The van der Waals surface area contributed by atoms with E-state index in [-0.39, 0.29) is 5.69 Å². The van der Waals surface area contributed by atoms with E-state index >= 15 is 4.39 Å². The van der Waals surface area contributed by atoms with Gasteiger partial charge in [0, 0.05) is 59.6 Å². The number of fused-ring (bicyclic) bond motifs is 4. The molecule has 3 aliphatic rings. The Labute approximate surface area is 227 Å². The highest BCUT2D eigenvalue weighted by Gasteiger charge is 2.48. The first-order valence-electron chi connectivity index (χ1n) is 12.7. The van der Waals surface area contributed by atoms with Gasteiger partial charge in [0.15, 0.2) is 5.82 Å². The van der Waals surface area contributed by atoms with Crippen LogP contribution in [0, 0.1) is 12.7 Å². The summed E-state index contributed by atoms with van der Waals surface area (Å²) in [7, 11) is 2.18. The van der Waals surface area contributed by atoms with Crippen LogP contribution in [0.1, 0.15) is 29.5 Å². The molecule has 4 heterocycles. The van der Waals surface area contributed by atoms with Crippen LogP contribution in [0.25, 0.3) is 22.0 Å². The molecule has 7 rings (SSSR count). The number of pyridine rings is 1. The minimum absolute atomic E-state index is 0.00220. The van der Waals surface area contributed by atoms with Crippen molar-refractivity contribution < 1.29 is 9.13 Å². The van der Waals surface area contributed by atoms with Gasteiger partial charge in [-0.15, -0.1) is 0 Å². The minimum atomic E-state index is -0.539. The van der Waals surface area contributed by atoms with Crippen LogP contribution < -0.4 is 21.1 Å². The third-order valence-corrected chi connectivity index (χ3v) is 8.75. The molecule has 10 heteroatoms. The number of hydrogen-bond acceptors (Lipinski definition) is 8. The monoisotopic (exact) mass is 575 g/mol. The SMILES string of the molecule is Cc1c(-c2c(F)c(N)c3cnc(Nc4ccc5c(c4)CN(C)CC54CC4)nc3c2Br)cnc2c1NCCO2. The lowest BCUT2D eigenvalue weighted by Crippen LogP contribution is -2.35. The molecule has 1 fully saturated rings. The van der Waals surface area contributed by atoms with Crippen LogP contribution in [0.3, 0.4) is 0 Å². The molecule has 0 saturated heterocycles. The maximum absolute atomic E-state index is 15.7. The molecule has 8 nitrogen and oxygen atoms in total. The standard InChI is InChI=1S/C28H27BrFN7O/c1-14-17(10-33-26-24(14)32-7-8-38-26)20-21(29)25-18(23(31)22(20)30)11-34-27(36-25)35-16-3-4-19-15(9-16)12-37(2)13-28(19)5-6-28/h3-4,9-11,32H,5-8,12-13,31H2,1-2H3,(H,34,35,36). The first kappa shape index (κ1) is 23.6. The topological polar surface area (TPSA) is 101 Å². The molecule has 0 amide bonds. The van der Waals surface area contributed by atoms with E-state index in [4.69, 9.17) is 15.5 Å². The Morgan fingerprint density at radius 3 is 2.89 bits per heavy atom. The maximum atomic E-state index is 15.7. The number of nitrogens with zero attached hydrogens (tertiary/aromatic N) is 4. The summed E-state index contributed by atoms with van der Waals surface area (Å²) in [4.78, 5) is 16.0. The Bertz CT molecular complexity index is 1640. The van der Waals surface area contributed by atoms with Crippen molar-refractivity contribution in [3.05, 3.63) is 57.6 Å². The summed E-state index contributed by atoms with van der Waals surface area (Å²) in [5, 5.41) is 7.09. The average molecular weight is 576 g/mol. The number of nitrogen functional groups attached to an aromatic ring is 1. The second kappa shape index (κ2) is 8.51. The minimum Gasteiger partial charge on any atom is -0.474 e. The van der Waals surface area contributed by atoms with Crippen molar-refractivity contribution in [2.24, 2.45) is 0 Å². The number of aromatic nitrogens is 3. The Hall–Kier alpha value is -3.50. The molecule has 194 valence electrons. The zero-order valence-corrected chi connectivity index (χ0v) is 22.7. The Balaban J connectivity index is 1.29. The van der Waals surface area contributed by atoms with E-state index < -0.39 is 5.82 Å². The molecule has 1 saturated carbocycles. The highest BCUT2D eigenvalue weighted by Crippen LogP contribution is 2.52. The van der Waals surface area contributed by atoms with Gasteiger partial charge < -0.3 is 26.0 Å². The summed E-state index contributed by atoms with van der Waals surface area (Å²) in [6.45, 7) is 5.15. The number of nitrogens with two attached hydrogens (primary N) is 1. The smallest absolute Gasteiger partial charge is 0.237 e. The van der Waals surface area contributed by atoms with Crippen molar-refractivity contribution in [2.75, 3.05) is 43.1 Å². The fraction of sp³-hybridized carbons (Fsp3) is 0.321. The van der Waals surface area contributed by atoms with E-state index in [1.165, 1.54) is 24.0 Å². The van der Waals surface area contributed by atoms with E-state index in [2.05, 4.69) is 66.7 Å². The zero-order valence-electron chi connectivity index (χ0n) is 21.2. The number of benzene rings is 2. The third kappa shape index (κ3) is 3.61. The van der Waals surface area contributed by atoms with Crippen molar-refractivity contribution in [1.82, 2.24) is 19.9 Å². The first-order valence-corrected chi connectivity index (χ1v) is 13.5. The number of nitrogens with one attached hydrogen (secondary N) is 2. The van der Waals surface area contributed by atoms with E-state index in [1.54, 1.807) is 12.4 Å². The van der Waals surface area contributed by atoms with Crippen molar-refractivity contribution in [1.29, 1.82) is 0 Å². The van der Waals surface area contributed by atoms with Crippen LogP contribution in [-0.2, 0) is 12.0 Å². The van der Waals surface area contributed by atoms with Gasteiger partial charge in [-0.1, -0.05) is 6.07 Å². The van der Waals surface area contributed by atoms with Gasteiger partial charge in [-0.3, -0.25) is 0 Å². The summed E-state index contributed by atoms with van der Waals surface area (Å²) in [6.07, 6.45) is 5.69. The molecular weight excluding hydrogens is 549 g/mol. The molecular formula is C28H27BrFN7O. The van der Waals surface area contributed by atoms with E-state index in [0.29, 0.717) is 56.9 Å². The summed E-state index contributed by atoms with van der Waals surface area (Å²) in [6, 6.07) is 6.52. The predicted molar refractivity (Wildman–Crippen MR) is 151 cm³/mol. The Kier molecular flexibility index (Phi) is 5.28. The lowest BCUT2D eigenvalue weighted by atomic mass is 9.87. The van der Waals surface area contributed by atoms with Crippen molar-refractivity contribution in [2.45, 2.75) is 31.7 Å². The van der Waals surface area contributed by atoms with Crippen LogP contribution in [0.15, 0.2) is 35.1 Å². The van der Waals surface area contributed by atoms with Crippen molar-refractivity contribution in [3.8, 4) is 17.0 Å². The predicted octanol–water partition coefficient (Wildman–Crippen LogP) is 5.51. The van der Waals surface area contributed by atoms with Gasteiger partial charge in [0.05, 0.1) is 15.7 Å². The van der Waals surface area contributed by atoms with Gasteiger partial charge >= 0.3 is 0 Å². The molecule has 0 radical (unpaired) electrons. The molecule has 38 heavy (non-hydrogen) atoms. The summed E-state index contributed by atoms with van der Waals surface area (Å²) >= 11 is 3.63. The van der Waals surface area contributed by atoms with Gasteiger partial charge in [0.1, 0.15) is 12.3 Å². The lowest BCUT2D eigenvalue weighted by Gasteiger charge is -2.32. The van der Waals surface area contributed by atoms with E-state index in [9.17, 15) is 0 Å². The maximum Gasteiger partial charge on any atom is 0.237 e. The van der Waals surface area contributed by atoms with Gasteiger partial charge in [-0.25, -0.2) is 19.3 Å². The molecule has 1 aliphatic carbocycles. The zero-order chi connectivity index (χ0) is 26.2. The molecule has 4 N–H and O–H groups in total. The van der Waals surface area contributed by atoms with Crippen LogP contribution in [0.2, 0.25) is 0 Å². The van der Waals surface area contributed by atoms with Gasteiger partial charge in [-0.05, 0) is 71.6 Å². The first-order chi connectivity index (χ1) is 18.3. The number of rotatable bonds is 3. The number of ether oxygens (including phenoxy) is 1. The molecule has 2 aromatic heterocycles. The molecule has 1 spiro atoms. The third-order valence-electron chi connectivity index (χ3n) is 7.98. The van der Waals surface area contributed by atoms with Gasteiger partial charge in [0.25, 0.3) is 0 Å². The quantitative estimate of drug-likeness (QED) is 0.275. The summed E-state index contributed by atoms with van der Waals surface area (Å²) in [5.41, 5.74) is 13.3. The molecule has 2 aliphatic heterocycles. The van der Waals surface area contributed by atoms with Crippen LogP contribution >= 0.6 is 15.9 Å². The number of halogens is 2. The van der Waals surface area contributed by atoms with E-state index in [1.807, 2.05) is 6.92 Å². The molecule has 2 aromatic carbocycles. The molecule has 0 unspecified atom stereocenters.